The topological polar surface area (TPSA) is 0 Å². The highest BCUT2D eigenvalue weighted by Crippen LogP contribution is 2.19. The summed E-state index contributed by atoms with van der Waals surface area (Å²) < 4.78 is 0. The molecule has 0 aliphatic rings. The molecule has 3 aromatic carbocycles. The molecule has 0 spiro atoms. The fraction of sp³-hybridized carbons (Fsp3) is 0.0526. The van der Waals surface area contributed by atoms with Gasteiger partial charge in [0.05, 0.1) is 0 Å². The van der Waals surface area contributed by atoms with Gasteiger partial charge >= 0.3 is 0 Å². The van der Waals surface area contributed by atoms with E-state index < -0.39 is 0 Å². The molecule has 20 heavy (non-hydrogen) atoms. The number of hydrogen-bond donors (Lipinski definition) is 0. The van der Waals surface area contributed by atoms with Gasteiger partial charge < -0.3 is 0 Å². The van der Waals surface area contributed by atoms with Crippen LogP contribution in [0.4, 0.5) is 0 Å². The molecule has 0 bridgehead atoms. The molecule has 0 aliphatic carbocycles. The molecule has 1 heteroatoms. The lowest BCUT2D eigenvalue weighted by atomic mass is 10.1. The summed E-state index contributed by atoms with van der Waals surface area (Å²) in [6, 6.07) is 23.0. The molecule has 0 unspecified atom stereocenters. The summed E-state index contributed by atoms with van der Waals surface area (Å²) in [4.78, 5) is 1.22. The Morgan fingerprint density at radius 2 is 1.50 bits per heavy atom. The van der Waals surface area contributed by atoms with Gasteiger partial charge in [-0.2, -0.15) is 0 Å². The number of fused-ring (bicyclic) bond motifs is 1. The quantitative estimate of drug-likeness (QED) is 0.446. The van der Waals surface area contributed by atoms with Crippen LogP contribution >= 0.6 is 11.8 Å². The minimum Gasteiger partial charge on any atom is -0.128 e. The van der Waals surface area contributed by atoms with E-state index in [1.165, 1.54) is 15.7 Å². The molecular weight excluding hydrogens is 260 g/mol. The molecule has 0 saturated heterocycles. The monoisotopic (exact) mass is 274 g/mol. The first kappa shape index (κ1) is 12.8. The van der Waals surface area contributed by atoms with E-state index in [9.17, 15) is 0 Å². The molecule has 0 atom stereocenters. The van der Waals surface area contributed by atoms with Crippen LogP contribution in [0.5, 0.6) is 0 Å². The van der Waals surface area contributed by atoms with E-state index in [2.05, 4.69) is 72.7 Å². The zero-order valence-corrected chi connectivity index (χ0v) is 12.1. The first-order chi connectivity index (χ1) is 9.86. The van der Waals surface area contributed by atoms with Crippen molar-refractivity contribution in [1.82, 2.24) is 0 Å². The highest BCUT2D eigenvalue weighted by atomic mass is 32.2. The normalized spacial score (nSPS) is 10.1. The van der Waals surface area contributed by atoms with Gasteiger partial charge in [-0.3, -0.25) is 0 Å². The zero-order chi connectivity index (χ0) is 13.8. The molecule has 0 fully saturated rings. The minimum atomic E-state index is 1.06. The van der Waals surface area contributed by atoms with Crippen molar-refractivity contribution in [3.8, 4) is 11.8 Å². The lowest BCUT2D eigenvalue weighted by Gasteiger charge is -1.99. The molecule has 0 heterocycles. The summed E-state index contributed by atoms with van der Waals surface area (Å²) >= 11 is 1.73. The number of benzene rings is 3. The molecule has 0 aliphatic heterocycles. The smallest absolute Gasteiger partial charge is 0.0384 e. The first-order valence-electron chi connectivity index (χ1n) is 6.51. The molecule has 0 amide bonds. The van der Waals surface area contributed by atoms with Gasteiger partial charge in [-0.05, 0) is 41.3 Å². The lowest BCUT2D eigenvalue weighted by molar-refractivity contribution is 1.42. The fourth-order valence-corrected chi connectivity index (χ4v) is 2.71. The third kappa shape index (κ3) is 2.71. The summed E-state index contributed by atoms with van der Waals surface area (Å²) in [5.74, 6) is 6.54. The van der Waals surface area contributed by atoms with Crippen molar-refractivity contribution in [3.63, 3.8) is 0 Å². The summed E-state index contributed by atoms with van der Waals surface area (Å²) in [5, 5.41) is 2.49. The Hall–Kier alpha value is -2.17. The van der Waals surface area contributed by atoms with E-state index in [4.69, 9.17) is 0 Å². The predicted molar refractivity (Wildman–Crippen MR) is 88.2 cm³/mol. The van der Waals surface area contributed by atoms with Crippen LogP contribution in [0.25, 0.3) is 10.8 Å². The maximum atomic E-state index is 3.27. The Labute approximate surface area is 123 Å². The second kappa shape index (κ2) is 5.86. The average Bonchev–Trinajstić information content (AvgIpc) is 2.53. The van der Waals surface area contributed by atoms with E-state index in [0.717, 1.165) is 11.1 Å². The molecular formula is C19H14S. The number of hydrogen-bond acceptors (Lipinski definition) is 1. The maximum absolute atomic E-state index is 3.27. The van der Waals surface area contributed by atoms with Gasteiger partial charge in [0, 0.05) is 16.0 Å². The van der Waals surface area contributed by atoms with Gasteiger partial charge in [-0.15, -0.1) is 11.8 Å². The van der Waals surface area contributed by atoms with Crippen molar-refractivity contribution >= 4 is 22.5 Å². The van der Waals surface area contributed by atoms with Crippen molar-refractivity contribution in [2.24, 2.45) is 0 Å². The molecule has 3 aromatic rings. The summed E-state index contributed by atoms with van der Waals surface area (Å²) in [6.45, 7) is 0. The summed E-state index contributed by atoms with van der Waals surface area (Å²) in [7, 11) is 0. The van der Waals surface area contributed by atoms with Crippen molar-refractivity contribution in [1.29, 1.82) is 0 Å². The van der Waals surface area contributed by atoms with E-state index in [1.807, 2.05) is 12.1 Å². The van der Waals surface area contributed by atoms with Crippen LogP contribution in [-0.2, 0) is 0 Å². The van der Waals surface area contributed by atoms with Crippen LogP contribution in [0, 0.1) is 11.8 Å². The molecule has 96 valence electrons. The number of thioether (sulfide) groups is 1. The fourth-order valence-electron chi connectivity index (χ4n) is 2.15. The predicted octanol–water partition coefficient (Wildman–Crippen LogP) is 4.96. The van der Waals surface area contributed by atoms with E-state index in [1.54, 1.807) is 11.8 Å². The van der Waals surface area contributed by atoms with Gasteiger partial charge in [-0.25, -0.2) is 0 Å². The van der Waals surface area contributed by atoms with Gasteiger partial charge in [0.25, 0.3) is 0 Å². The van der Waals surface area contributed by atoms with Crippen molar-refractivity contribution in [2.75, 3.05) is 6.26 Å². The second-order valence-electron chi connectivity index (χ2n) is 4.51. The van der Waals surface area contributed by atoms with Gasteiger partial charge in [0.15, 0.2) is 0 Å². The van der Waals surface area contributed by atoms with Crippen LogP contribution in [0.1, 0.15) is 11.1 Å². The Balaban J connectivity index is 1.99. The van der Waals surface area contributed by atoms with Gasteiger partial charge in [0.2, 0.25) is 0 Å². The molecule has 0 aromatic heterocycles. The maximum Gasteiger partial charge on any atom is 0.0384 e. The van der Waals surface area contributed by atoms with Crippen LogP contribution in [0.2, 0.25) is 0 Å². The average molecular weight is 274 g/mol. The SMILES string of the molecule is CSc1ccccc1C#Cc1ccc2ccccc2c1. The number of rotatable bonds is 1. The van der Waals surface area contributed by atoms with Gasteiger partial charge in [0.1, 0.15) is 0 Å². The van der Waals surface area contributed by atoms with Crippen LogP contribution < -0.4 is 0 Å². The van der Waals surface area contributed by atoms with Crippen molar-refractivity contribution in [3.05, 3.63) is 77.9 Å². The third-order valence-electron chi connectivity index (χ3n) is 3.20. The van der Waals surface area contributed by atoms with Crippen LogP contribution in [0.3, 0.4) is 0 Å². The highest BCUT2D eigenvalue weighted by molar-refractivity contribution is 7.98. The van der Waals surface area contributed by atoms with E-state index in [-0.39, 0.29) is 0 Å². The first-order valence-corrected chi connectivity index (χ1v) is 7.73. The van der Waals surface area contributed by atoms with Crippen LogP contribution in [-0.4, -0.2) is 6.26 Å². The lowest BCUT2D eigenvalue weighted by Crippen LogP contribution is -1.80. The van der Waals surface area contributed by atoms with Crippen molar-refractivity contribution < 1.29 is 0 Å². The molecule has 3 rings (SSSR count). The van der Waals surface area contributed by atoms with E-state index >= 15 is 0 Å². The molecule has 0 N–H and O–H groups in total. The Morgan fingerprint density at radius 1 is 0.750 bits per heavy atom. The summed E-state index contributed by atoms with van der Waals surface area (Å²) in [6.07, 6.45) is 2.08. The van der Waals surface area contributed by atoms with Crippen molar-refractivity contribution in [2.45, 2.75) is 4.90 Å². The Bertz CT molecular complexity index is 806. The van der Waals surface area contributed by atoms with Crippen LogP contribution in [0.15, 0.2) is 71.6 Å². The zero-order valence-electron chi connectivity index (χ0n) is 11.3. The van der Waals surface area contributed by atoms with E-state index in [0.29, 0.717) is 0 Å². The highest BCUT2D eigenvalue weighted by Gasteiger charge is 1.96. The largest absolute Gasteiger partial charge is 0.128 e. The second-order valence-corrected chi connectivity index (χ2v) is 5.36. The Kier molecular flexibility index (Phi) is 3.76. The minimum absolute atomic E-state index is 1.06. The molecule has 0 nitrogen and oxygen atoms in total. The summed E-state index contributed by atoms with van der Waals surface area (Å²) in [5.41, 5.74) is 2.15. The Morgan fingerprint density at radius 3 is 2.35 bits per heavy atom. The third-order valence-corrected chi connectivity index (χ3v) is 3.99. The van der Waals surface area contributed by atoms with Gasteiger partial charge in [-0.1, -0.05) is 54.3 Å². The molecule has 0 saturated carbocycles. The molecule has 0 radical (unpaired) electrons. The standard InChI is InChI=1S/C19H14S/c1-20-19-9-5-4-7-17(19)13-11-15-10-12-16-6-2-3-8-18(16)14-15/h2-10,12,14H,1H3.